The topological polar surface area (TPSA) is 42.0 Å². The van der Waals surface area contributed by atoms with Crippen molar-refractivity contribution in [3.8, 4) is 0 Å². The molecule has 0 aliphatic heterocycles. The number of nitrogens with zero attached hydrogens (tertiary/aromatic N) is 1. The van der Waals surface area contributed by atoms with Gasteiger partial charge in [0.15, 0.2) is 0 Å². The molecular weight excluding hydrogens is 236 g/mol. The Morgan fingerprint density at radius 2 is 1.95 bits per heavy atom. The monoisotopic (exact) mass is 254 g/mol. The SMILES string of the molecule is Cc1ccc(CNC(=O)c2cccc(C)n2)c(C)c1. The van der Waals surface area contributed by atoms with Crippen LogP contribution in [0.2, 0.25) is 0 Å². The Balaban J connectivity index is 2.04. The van der Waals surface area contributed by atoms with E-state index in [2.05, 4.69) is 42.3 Å². The maximum Gasteiger partial charge on any atom is 0.270 e. The first-order valence-electron chi connectivity index (χ1n) is 6.34. The average Bonchev–Trinajstić information content (AvgIpc) is 2.37. The van der Waals surface area contributed by atoms with Crippen LogP contribution in [-0.2, 0) is 6.54 Å². The van der Waals surface area contributed by atoms with Crippen molar-refractivity contribution in [3.63, 3.8) is 0 Å². The fraction of sp³-hybridized carbons (Fsp3) is 0.250. The summed E-state index contributed by atoms with van der Waals surface area (Å²) < 4.78 is 0. The van der Waals surface area contributed by atoms with Gasteiger partial charge in [-0.2, -0.15) is 0 Å². The minimum atomic E-state index is -0.135. The van der Waals surface area contributed by atoms with Crippen LogP contribution in [0.3, 0.4) is 0 Å². The van der Waals surface area contributed by atoms with Gasteiger partial charge in [0.2, 0.25) is 0 Å². The summed E-state index contributed by atoms with van der Waals surface area (Å²) in [4.78, 5) is 16.2. The largest absolute Gasteiger partial charge is 0.347 e. The van der Waals surface area contributed by atoms with Gasteiger partial charge in [0.1, 0.15) is 5.69 Å². The Hall–Kier alpha value is -2.16. The summed E-state index contributed by atoms with van der Waals surface area (Å²) in [5, 5.41) is 2.90. The number of benzene rings is 1. The molecule has 0 aliphatic rings. The number of aromatic nitrogens is 1. The van der Waals surface area contributed by atoms with Crippen molar-refractivity contribution in [1.82, 2.24) is 10.3 Å². The molecule has 3 nitrogen and oxygen atoms in total. The number of amides is 1. The molecule has 0 atom stereocenters. The molecule has 1 aromatic carbocycles. The van der Waals surface area contributed by atoms with E-state index in [1.54, 1.807) is 6.07 Å². The molecule has 0 bridgehead atoms. The van der Waals surface area contributed by atoms with Crippen molar-refractivity contribution < 1.29 is 4.79 Å². The maximum absolute atomic E-state index is 12.0. The molecule has 0 spiro atoms. The van der Waals surface area contributed by atoms with Crippen LogP contribution in [0.15, 0.2) is 36.4 Å². The third-order valence-corrected chi connectivity index (χ3v) is 3.06. The van der Waals surface area contributed by atoms with Gasteiger partial charge < -0.3 is 5.32 Å². The van der Waals surface area contributed by atoms with Crippen LogP contribution >= 0.6 is 0 Å². The van der Waals surface area contributed by atoms with Crippen LogP contribution in [0.1, 0.15) is 32.9 Å². The second kappa shape index (κ2) is 5.65. The molecule has 1 N–H and O–H groups in total. The highest BCUT2D eigenvalue weighted by Crippen LogP contribution is 2.10. The van der Waals surface area contributed by atoms with E-state index in [0.29, 0.717) is 12.2 Å². The van der Waals surface area contributed by atoms with E-state index in [1.165, 1.54) is 11.1 Å². The first kappa shape index (κ1) is 13.3. The van der Waals surface area contributed by atoms with Crippen LogP contribution in [-0.4, -0.2) is 10.9 Å². The van der Waals surface area contributed by atoms with Gasteiger partial charge in [-0.15, -0.1) is 0 Å². The Labute approximate surface area is 113 Å². The third-order valence-electron chi connectivity index (χ3n) is 3.06. The number of hydrogen-bond donors (Lipinski definition) is 1. The highest BCUT2D eigenvalue weighted by atomic mass is 16.1. The van der Waals surface area contributed by atoms with Crippen molar-refractivity contribution in [2.24, 2.45) is 0 Å². The van der Waals surface area contributed by atoms with Gasteiger partial charge >= 0.3 is 0 Å². The minimum Gasteiger partial charge on any atom is -0.347 e. The number of carbonyl (C=O) groups is 1. The Bertz CT molecular complexity index is 605. The first-order valence-corrected chi connectivity index (χ1v) is 6.34. The first-order chi connectivity index (χ1) is 9.06. The molecule has 0 saturated heterocycles. The minimum absolute atomic E-state index is 0.135. The molecular formula is C16H18N2O. The van der Waals surface area contributed by atoms with E-state index in [9.17, 15) is 4.79 Å². The van der Waals surface area contributed by atoms with E-state index in [4.69, 9.17) is 0 Å². The van der Waals surface area contributed by atoms with E-state index in [0.717, 1.165) is 11.3 Å². The molecule has 0 fully saturated rings. The summed E-state index contributed by atoms with van der Waals surface area (Å²) in [5.74, 6) is -0.135. The second-order valence-corrected chi connectivity index (χ2v) is 4.78. The van der Waals surface area contributed by atoms with E-state index in [-0.39, 0.29) is 5.91 Å². The molecule has 1 heterocycles. The van der Waals surface area contributed by atoms with Crippen molar-refractivity contribution in [1.29, 1.82) is 0 Å². The zero-order valence-electron chi connectivity index (χ0n) is 11.5. The lowest BCUT2D eigenvalue weighted by atomic mass is 10.1. The smallest absolute Gasteiger partial charge is 0.270 e. The summed E-state index contributed by atoms with van der Waals surface area (Å²) in [7, 11) is 0. The summed E-state index contributed by atoms with van der Waals surface area (Å²) in [5.41, 5.74) is 4.86. The number of nitrogens with one attached hydrogen (secondary N) is 1. The van der Waals surface area contributed by atoms with Gasteiger partial charge in [0.05, 0.1) is 0 Å². The summed E-state index contributed by atoms with van der Waals surface area (Å²) in [6, 6.07) is 11.7. The van der Waals surface area contributed by atoms with E-state index in [1.807, 2.05) is 19.1 Å². The maximum atomic E-state index is 12.0. The van der Waals surface area contributed by atoms with Gasteiger partial charge in [-0.25, -0.2) is 4.98 Å². The zero-order valence-corrected chi connectivity index (χ0v) is 11.5. The number of pyridine rings is 1. The number of aryl methyl sites for hydroxylation is 3. The summed E-state index contributed by atoms with van der Waals surface area (Å²) in [6.07, 6.45) is 0. The molecule has 0 aliphatic carbocycles. The molecule has 0 unspecified atom stereocenters. The lowest BCUT2D eigenvalue weighted by molar-refractivity contribution is 0.0945. The molecule has 19 heavy (non-hydrogen) atoms. The molecule has 1 amide bonds. The fourth-order valence-electron chi connectivity index (χ4n) is 1.98. The van der Waals surface area contributed by atoms with E-state index >= 15 is 0 Å². The second-order valence-electron chi connectivity index (χ2n) is 4.78. The van der Waals surface area contributed by atoms with Gasteiger partial charge in [0, 0.05) is 12.2 Å². The number of carbonyl (C=O) groups excluding carboxylic acids is 1. The summed E-state index contributed by atoms with van der Waals surface area (Å²) >= 11 is 0. The van der Waals surface area contributed by atoms with Gasteiger partial charge in [-0.3, -0.25) is 4.79 Å². The summed E-state index contributed by atoms with van der Waals surface area (Å²) in [6.45, 7) is 6.52. The zero-order chi connectivity index (χ0) is 13.8. The van der Waals surface area contributed by atoms with Crippen LogP contribution < -0.4 is 5.32 Å². The predicted molar refractivity (Wildman–Crippen MR) is 76.1 cm³/mol. The lowest BCUT2D eigenvalue weighted by Gasteiger charge is -2.08. The van der Waals surface area contributed by atoms with Crippen LogP contribution in [0.4, 0.5) is 0 Å². The molecule has 2 aromatic rings. The van der Waals surface area contributed by atoms with Crippen LogP contribution in [0.25, 0.3) is 0 Å². The van der Waals surface area contributed by atoms with Gasteiger partial charge in [-0.1, -0.05) is 29.8 Å². The molecule has 2 rings (SSSR count). The van der Waals surface area contributed by atoms with Crippen LogP contribution in [0, 0.1) is 20.8 Å². The highest BCUT2D eigenvalue weighted by Gasteiger charge is 2.07. The molecule has 0 radical (unpaired) electrons. The third kappa shape index (κ3) is 3.41. The Morgan fingerprint density at radius 3 is 2.63 bits per heavy atom. The average molecular weight is 254 g/mol. The normalized spacial score (nSPS) is 10.3. The van der Waals surface area contributed by atoms with E-state index < -0.39 is 0 Å². The Kier molecular flexibility index (Phi) is 3.95. The quantitative estimate of drug-likeness (QED) is 0.915. The van der Waals surface area contributed by atoms with Gasteiger partial charge in [-0.05, 0) is 44.0 Å². The van der Waals surface area contributed by atoms with Crippen molar-refractivity contribution in [2.45, 2.75) is 27.3 Å². The number of hydrogen-bond acceptors (Lipinski definition) is 2. The van der Waals surface area contributed by atoms with Crippen LogP contribution in [0.5, 0.6) is 0 Å². The lowest BCUT2D eigenvalue weighted by Crippen LogP contribution is -2.24. The number of rotatable bonds is 3. The molecule has 1 aromatic heterocycles. The van der Waals surface area contributed by atoms with Gasteiger partial charge in [0.25, 0.3) is 5.91 Å². The molecule has 3 heteroatoms. The predicted octanol–water partition coefficient (Wildman–Crippen LogP) is 2.94. The Morgan fingerprint density at radius 1 is 1.16 bits per heavy atom. The molecule has 0 saturated carbocycles. The fourth-order valence-corrected chi connectivity index (χ4v) is 1.98. The van der Waals surface area contributed by atoms with Crippen molar-refractivity contribution in [3.05, 3.63) is 64.5 Å². The standard InChI is InChI=1S/C16H18N2O/c1-11-7-8-14(12(2)9-11)10-17-16(19)15-6-4-5-13(3)18-15/h4-9H,10H2,1-3H3,(H,17,19). The molecule has 98 valence electrons. The van der Waals surface area contributed by atoms with Crippen molar-refractivity contribution in [2.75, 3.05) is 0 Å². The highest BCUT2D eigenvalue weighted by molar-refractivity contribution is 5.92. The van der Waals surface area contributed by atoms with Crippen molar-refractivity contribution >= 4 is 5.91 Å².